The van der Waals surface area contributed by atoms with Crippen LogP contribution in [0.1, 0.15) is 36.0 Å². The summed E-state index contributed by atoms with van der Waals surface area (Å²) in [5.41, 5.74) is 6.80. The summed E-state index contributed by atoms with van der Waals surface area (Å²) >= 11 is 0. The fourth-order valence-corrected chi connectivity index (χ4v) is 2.14. The molecular weight excluding hydrogens is 228 g/mol. The van der Waals surface area contributed by atoms with Gasteiger partial charge in [0.15, 0.2) is 0 Å². The molecule has 0 saturated heterocycles. The average Bonchev–Trinajstić information content (AvgIpc) is 2.31. The lowest BCUT2D eigenvalue weighted by Gasteiger charge is -2.25. The van der Waals surface area contributed by atoms with Crippen molar-refractivity contribution in [3.8, 4) is 5.75 Å². The van der Waals surface area contributed by atoms with Crippen molar-refractivity contribution in [3.63, 3.8) is 0 Å². The predicted molar refractivity (Wildman–Crippen MR) is 71.7 cm³/mol. The molecule has 18 heavy (non-hydrogen) atoms. The Morgan fingerprint density at radius 1 is 1.50 bits per heavy atom. The Labute approximate surface area is 108 Å². The molecule has 1 aliphatic carbocycles. The van der Waals surface area contributed by atoms with Gasteiger partial charge in [-0.3, -0.25) is 4.79 Å². The van der Waals surface area contributed by atoms with E-state index in [-0.39, 0.29) is 5.91 Å². The third kappa shape index (κ3) is 2.94. The molecule has 0 bridgehead atoms. The van der Waals surface area contributed by atoms with E-state index in [1.54, 1.807) is 25.3 Å². The second kappa shape index (κ2) is 5.76. The second-order valence-corrected chi connectivity index (χ2v) is 4.79. The molecule has 0 aliphatic heterocycles. The molecule has 0 radical (unpaired) electrons. The van der Waals surface area contributed by atoms with Crippen LogP contribution >= 0.6 is 0 Å². The van der Waals surface area contributed by atoms with E-state index in [2.05, 4.69) is 5.32 Å². The van der Waals surface area contributed by atoms with Crippen LogP contribution in [0.2, 0.25) is 0 Å². The maximum absolute atomic E-state index is 11.9. The smallest absolute Gasteiger partial charge is 0.253 e. The number of nitrogen functional groups attached to an aromatic ring is 1. The number of benzene rings is 1. The van der Waals surface area contributed by atoms with Crippen LogP contribution in [0.5, 0.6) is 5.75 Å². The minimum atomic E-state index is -0.102. The summed E-state index contributed by atoms with van der Waals surface area (Å²) in [6, 6.07) is 5.12. The van der Waals surface area contributed by atoms with Gasteiger partial charge in [-0.1, -0.05) is 19.3 Å². The molecule has 4 nitrogen and oxygen atoms in total. The molecule has 98 valence electrons. The minimum absolute atomic E-state index is 0.102. The maximum Gasteiger partial charge on any atom is 0.253 e. The number of carbonyl (C=O) groups is 1. The zero-order chi connectivity index (χ0) is 13.0. The zero-order valence-corrected chi connectivity index (χ0v) is 10.7. The highest BCUT2D eigenvalue weighted by molar-refractivity contribution is 5.99. The molecule has 1 fully saturated rings. The summed E-state index contributed by atoms with van der Waals surface area (Å²) in [5.74, 6) is 1.37. The first-order chi connectivity index (χ1) is 8.70. The van der Waals surface area contributed by atoms with Gasteiger partial charge in [0.25, 0.3) is 5.91 Å². The van der Waals surface area contributed by atoms with Crippen LogP contribution in [0.3, 0.4) is 0 Å². The first kappa shape index (κ1) is 12.7. The van der Waals surface area contributed by atoms with Crippen molar-refractivity contribution in [2.24, 2.45) is 5.92 Å². The van der Waals surface area contributed by atoms with Crippen molar-refractivity contribution in [1.29, 1.82) is 0 Å². The molecule has 2 rings (SSSR count). The van der Waals surface area contributed by atoms with Crippen molar-refractivity contribution in [1.82, 2.24) is 5.32 Å². The molecular formula is C14H20N2O2. The second-order valence-electron chi connectivity index (χ2n) is 4.79. The van der Waals surface area contributed by atoms with E-state index in [1.165, 1.54) is 19.3 Å². The van der Waals surface area contributed by atoms with Crippen LogP contribution in [0.25, 0.3) is 0 Å². The summed E-state index contributed by atoms with van der Waals surface area (Å²) in [5, 5.41) is 2.92. The van der Waals surface area contributed by atoms with Crippen LogP contribution in [0.4, 0.5) is 5.69 Å². The molecule has 4 heteroatoms. The molecule has 0 atom stereocenters. The topological polar surface area (TPSA) is 64.3 Å². The Morgan fingerprint density at radius 2 is 2.28 bits per heavy atom. The Bertz CT molecular complexity index is 428. The van der Waals surface area contributed by atoms with Crippen LogP contribution in [-0.4, -0.2) is 19.6 Å². The third-order valence-corrected chi connectivity index (χ3v) is 3.57. The fourth-order valence-electron chi connectivity index (χ4n) is 2.14. The van der Waals surface area contributed by atoms with Crippen LogP contribution in [0, 0.1) is 5.92 Å². The number of hydrogen-bond donors (Lipinski definition) is 2. The van der Waals surface area contributed by atoms with Gasteiger partial charge in [0, 0.05) is 18.3 Å². The number of nitrogens with two attached hydrogens (primary N) is 1. The van der Waals surface area contributed by atoms with E-state index in [9.17, 15) is 4.79 Å². The van der Waals surface area contributed by atoms with E-state index >= 15 is 0 Å². The van der Waals surface area contributed by atoms with Crippen molar-refractivity contribution in [2.45, 2.75) is 25.7 Å². The van der Waals surface area contributed by atoms with Gasteiger partial charge >= 0.3 is 0 Å². The van der Waals surface area contributed by atoms with Crippen molar-refractivity contribution >= 4 is 11.6 Å². The first-order valence-corrected chi connectivity index (χ1v) is 6.42. The fraction of sp³-hybridized carbons (Fsp3) is 0.500. The van der Waals surface area contributed by atoms with Gasteiger partial charge in [-0.2, -0.15) is 0 Å². The Hall–Kier alpha value is -1.71. The van der Waals surface area contributed by atoms with E-state index in [0.717, 1.165) is 18.9 Å². The number of rotatable bonds is 5. The largest absolute Gasteiger partial charge is 0.497 e. The van der Waals surface area contributed by atoms with Crippen LogP contribution < -0.4 is 15.8 Å². The monoisotopic (exact) mass is 248 g/mol. The standard InChI is InChI=1S/C14H20N2O2/c1-18-11-5-6-12(13(15)9-11)14(17)16-8-7-10-3-2-4-10/h5-6,9-10H,2-4,7-8,15H2,1H3,(H,16,17). The van der Waals surface area contributed by atoms with E-state index in [0.29, 0.717) is 17.0 Å². The lowest BCUT2D eigenvalue weighted by molar-refractivity contribution is 0.0950. The molecule has 1 amide bonds. The van der Waals surface area contributed by atoms with Gasteiger partial charge in [0.1, 0.15) is 5.75 Å². The number of nitrogens with one attached hydrogen (secondary N) is 1. The molecule has 1 saturated carbocycles. The van der Waals surface area contributed by atoms with E-state index in [4.69, 9.17) is 10.5 Å². The normalized spacial score (nSPS) is 14.9. The van der Waals surface area contributed by atoms with Gasteiger partial charge in [-0.15, -0.1) is 0 Å². The average molecular weight is 248 g/mol. The Kier molecular flexibility index (Phi) is 4.07. The number of ether oxygens (including phenoxy) is 1. The highest BCUT2D eigenvalue weighted by Gasteiger charge is 2.17. The summed E-state index contributed by atoms with van der Waals surface area (Å²) < 4.78 is 5.05. The molecule has 0 unspecified atom stereocenters. The lowest BCUT2D eigenvalue weighted by Crippen LogP contribution is -2.28. The zero-order valence-electron chi connectivity index (χ0n) is 10.7. The molecule has 1 aliphatic rings. The number of anilines is 1. The summed E-state index contributed by atoms with van der Waals surface area (Å²) in [6.45, 7) is 0.731. The van der Waals surface area contributed by atoms with Crippen LogP contribution in [-0.2, 0) is 0 Å². The van der Waals surface area contributed by atoms with Crippen molar-refractivity contribution < 1.29 is 9.53 Å². The molecule has 0 aromatic heterocycles. The van der Waals surface area contributed by atoms with Gasteiger partial charge < -0.3 is 15.8 Å². The SMILES string of the molecule is COc1ccc(C(=O)NCCC2CCC2)c(N)c1. The molecule has 3 N–H and O–H groups in total. The van der Waals surface area contributed by atoms with Gasteiger partial charge in [0.05, 0.1) is 12.7 Å². The van der Waals surface area contributed by atoms with Crippen LogP contribution in [0.15, 0.2) is 18.2 Å². The van der Waals surface area contributed by atoms with Crippen molar-refractivity contribution in [2.75, 3.05) is 19.4 Å². The molecule has 0 heterocycles. The summed E-state index contributed by atoms with van der Waals surface area (Å²) in [4.78, 5) is 11.9. The summed E-state index contributed by atoms with van der Waals surface area (Å²) in [7, 11) is 1.58. The summed E-state index contributed by atoms with van der Waals surface area (Å²) in [6.07, 6.45) is 5.02. The predicted octanol–water partition coefficient (Wildman–Crippen LogP) is 2.20. The van der Waals surface area contributed by atoms with Gasteiger partial charge in [0.2, 0.25) is 0 Å². The highest BCUT2D eigenvalue weighted by atomic mass is 16.5. The van der Waals surface area contributed by atoms with E-state index < -0.39 is 0 Å². The molecule has 1 aromatic carbocycles. The Morgan fingerprint density at radius 3 is 2.83 bits per heavy atom. The van der Waals surface area contributed by atoms with E-state index in [1.807, 2.05) is 0 Å². The number of methoxy groups -OCH3 is 1. The maximum atomic E-state index is 11.9. The number of carbonyl (C=O) groups excluding carboxylic acids is 1. The van der Waals surface area contributed by atoms with Gasteiger partial charge in [-0.05, 0) is 24.5 Å². The Balaban J connectivity index is 1.87. The molecule has 1 aromatic rings. The van der Waals surface area contributed by atoms with Crippen molar-refractivity contribution in [3.05, 3.63) is 23.8 Å². The highest BCUT2D eigenvalue weighted by Crippen LogP contribution is 2.28. The molecule has 0 spiro atoms. The lowest BCUT2D eigenvalue weighted by atomic mass is 9.83. The third-order valence-electron chi connectivity index (χ3n) is 3.57. The minimum Gasteiger partial charge on any atom is -0.497 e. The number of hydrogen-bond acceptors (Lipinski definition) is 3. The quantitative estimate of drug-likeness (QED) is 0.785. The van der Waals surface area contributed by atoms with Gasteiger partial charge in [-0.25, -0.2) is 0 Å². The first-order valence-electron chi connectivity index (χ1n) is 6.42. The number of amides is 1.